The lowest BCUT2D eigenvalue weighted by Crippen LogP contribution is -2.28. The first-order valence-corrected chi connectivity index (χ1v) is 7.41. The fraction of sp³-hybridized carbons (Fsp3) is 0.533. The van der Waals surface area contributed by atoms with Crippen LogP contribution >= 0.6 is 0 Å². The van der Waals surface area contributed by atoms with Gasteiger partial charge < -0.3 is 5.73 Å². The van der Waals surface area contributed by atoms with Gasteiger partial charge in [0.1, 0.15) is 5.82 Å². The number of hydrogen-bond acceptors (Lipinski definition) is 4. The minimum Gasteiger partial charge on any atom is -0.399 e. The summed E-state index contributed by atoms with van der Waals surface area (Å²) in [6.07, 6.45) is 3.39. The van der Waals surface area contributed by atoms with Crippen molar-refractivity contribution in [2.45, 2.75) is 39.2 Å². The molecule has 0 radical (unpaired) electrons. The van der Waals surface area contributed by atoms with E-state index in [1.165, 1.54) is 18.6 Å². The van der Waals surface area contributed by atoms with Gasteiger partial charge in [-0.25, -0.2) is 9.07 Å². The lowest BCUT2D eigenvalue weighted by atomic mass is 9.78. The van der Waals surface area contributed by atoms with E-state index in [1.807, 2.05) is 0 Å². The van der Waals surface area contributed by atoms with Crippen molar-refractivity contribution in [2.24, 2.45) is 11.8 Å². The molecule has 0 saturated heterocycles. The molecule has 1 aromatic carbocycles. The van der Waals surface area contributed by atoms with Gasteiger partial charge in [0.15, 0.2) is 5.82 Å². The number of hydrogen-bond donors (Lipinski definition) is 1. The van der Waals surface area contributed by atoms with Gasteiger partial charge in [0.2, 0.25) is 0 Å². The molecule has 2 aromatic rings. The van der Waals surface area contributed by atoms with Gasteiger partial charge in [-0.15, -0.1) is 5.10 Å². The van der Waals surface area contributed by atoms with Crippen molar-refractivity contribution in [3.05, 3.63) is 24.0 Å². The van der Waals surface area contributed by atoms with E-state index in [2.05, 4.69) is 29.4 Å². The maximum atomic E-state index is 14.1. The highest BCUT2D eigenvalue weighted by molar-refractivity contribution is 5.61. The van der Waals surface area contributed by atoms with Gasteiger partial charge in [0.25, 0.3) is 0 Å². The van der Waals surface area contributed by atoms with Crippen molar-refractivity contribution in [2.75, 3.05) is 5.73 Å². The minimum atomic E-state index is -0.350. The third-order valence-electron chi connectivity index (χ3n) is 4.70. The zero-order valence-electron chi connectivity index (χ0n) is 12.3. The quantitative estimate of drug-likeness (QED) is 0.863. The number of halogens is 1. The Hall–Kier alpha value is -1.98. The average molecular weight is 289 g/mol. The summed E-state index contributed by atoms with van der Waals surface area (Å²) in [5.74, 6) is 1.19. The van der Waals surface area contributed by atoms with E-state index in [4.69, 9.17) is 5.73 Å². The number of nitrogens with zero attached hydrogens (tertiary/aromatic N) is 4. The SMILES string of the molecule is CC1CCCC(n2nnnc2-c2cc(N)ccc2F)C1C. The van der Waals surface area contributed by atoms with Crippen molar-refractivity contribution in [1.29, 1.82) is 0 Å². The zero-order chi connectivity index (χ0) is 15.0. The summed E-state index contributed by atoms with van der Waals surface area (Å²) in [5, 5.41) is 11.9. The molecule has 1 aromatic heterocycles. The number of nitrogens with two attached hydrogens (primary N) is 1. The van der Waals surface area contributed by atoms with Crippen molar-refractivity contribution < 1.29 is 4.39 Å². The normalized spacial score (nSPS) is 26.0. The van der Waals surface area contributed by atoms with E-state index in [0.717, 1.165) is 12.8 Å². The Morgan fingerprint density at radius 2 is 2.10 bits per heavy atom. The Balaban J connectivity index is 2.03. The molecule has 2 N–H and O–H groups in total. The summed E-state index contributed by atoms with van der Waals surface area (Å²) in [7, 11) is 0. The molecule has 21 heavy (non-hydrogen) atoms. The van der Waals surface area contributed by atoms with Gasteiger partial charge in [-0.2, -0.15) is 0 Å². The van der Waals surface area contributed by atoms with Crippen LogP contribution in [0.2, 0.25) is 0 Å². The first-order chi connectivity index (χ1) is 10.1. The van der Waals surface area contributed by atoms with Crippen LogP contribution < -0.4 is 5.73 Å². The number of nitrogen functional groups attached to an aromatic ring is 1. The van der Waals surface area contributed by atoms with Crippen molar-refractivity contribution in [3.63, 3.8) is 0 Å². The average Bonchev–Trinajstić information content (AvgIpc) is 2.93. The molecule has 1 saturated carbocycles. The van der Waals surface area contributed by atoms with E-state index in [9.17, 15) is 4.39 Å². The van der Waals surface area contributed by atoms with Gasteiger partial charge in [0, 0.05) is 5.69 Å². The smallest absolute Gasteiger partial charge is 0.185 e. The van der Waals surface area contributed by atoms with Crippen LogP contribution in [0.4, 0.5) is 10.1 Å². The summed E-state index contributed by atoms with van der Waals surface area (Å²) < 4.78 is 15.9. The number of benzene rings is 1. The standard InChI is InChI=1S/C15H20FN5/c1-9-4-3-5-14(10(9)2)21-15(18-19-20-21)12-8-11(17)6-7-13(12)16/h6-10,14H,3-5,17H2,1-2H3. The van der Waals surface area contributed by atoms with Crippen molar-refractivity contribution in [1.82, 2.24) is 20.2 Å². The predicted octanol–water partition coefficient (Wildman–Crippen LogP) is 3.06. The Kier molecular flexibility index (Phi) is 3.61. The topological polar surface area (TPSA) is 69.6 Å². The second-order valence-corrected chi connectivity index (χ2v) is 6.02. The summed E-state index contributed by atoms with van der Waals surface area (Å²) in [6, 6.07) is 4.70. The molecule has 1 heterocycles. The molecule has 0 aliphatic heterocycles. The van der Waals surface area contributed by atoms with Gasteiger partial charge in [-0.05, 0) is 46.9 Å². The molecule has 3 rings (SSSR count). The molecule has 1 aliphatic rings. The highest BCUT2D eigenvalue weighted by atomic mass is 19.1. The maximum Gasteiger partial charge on any atom is 0.185 e. The number of tetrazole rings is 1. The molecule has 0 spiro atoms. The van der Waals surface area contributed by atoms with E-state index in [-0.39, 0.29) is 11.9 Å². The van der Waals surface area contributed by atoms with Crippen molar-refractivity contribution in [3.8, 4) is 11.4 Å². The summed E-state index contributed by atoms with van der Waals surface area (Å²) in [4.78, 5) is 0. The van der Waals surface area contributed by atoms with Crippen LogP contribution in [-0.4, -0.2) is 20.2 Å². The Bertz CT molecular complexity index is 639. The second-order valence-electron chi connectivity index (χ2n) is 6.02. The van der Waals surface area contributed by atoms with Gasteiger partial charge in [0.05, 0.1) is 11.6 Å². The lowest BCUT2D eigenvalue weighted by molar-refractivity contribution is 0.174. The molecule has 3 unspecified atom stereocenters. The number of anilines is 1. The Labute approximate surface area is 123 Å². The first-order valence-electron chi connectivity index (χ1n) is 7.41. The summed E-state index contributed by atoms with van der Waals surface area (Å²) >= 11 is 0. The summed E-state index contributed by atoms with van der Waals surface area (Å²) in [6.45, 7) is 4.47. The minimum absolute atomic E-state index is 0.208. The Morgan fingerprint density at radius 3 is 2.90 bits per heavy atom. The van der Waals surface area contributed by atoms with Gasteiger partial charge in [-0.1, -0.05) is 26.7 Å². The number of aromatic nitrogens is 4. The van der Waals surface area contributed by atoms with Crippen LogP contribution in [0, 0.1) is 17.7 Å². The third kappa shape index (κ3) is 2.50. The zero-order valence-corrected chi connectivity index (χ0v) is 12.3. The predicted molar refractivity (Wildman–Crippen MR) is 78.8 cm³/mol. The van der Waals surface area contributed by atoms with Crippen LogP contribution in [0.15, 0.2) is 18.2 Å². The van der Waals surface area contributed by atoms with E-state index in [1.54, 1.807) is 10.7 Å². The van der Waals surface area contributed by atoms with E-state index in [0.29, 0.717) is 28.9 Å². The van der Waals surface area contributed by atoms with Crippen LogP contribution in [0.1, 0.15) is 39.2 Å². The largest absolute Gasteiger partial charge is 0.399 e. The third-order valence-corrected chi connectivity index (χ3v) is 4.70. The van der Waals surface area contributed by atoms with Gasteiger partial charge >= 0.3 is 0 Å². The molecular weight excluding hydrogens is 269 g/mol. The molecule has 112 valence electrons. The molecule has 5 nitrogen and oxygen atoms in total. The first kappa shape index (κ1) is 14.0. The highest BCUT2D eigenvalue weighted by Crippen LogP contribution is 2.39. The van der Waals surface area contributed by atoms with E-state index >= 15 is 0 Å². The molecule has 3 atom stereocenters. The second kappa shape index (κ2) is 5.42. The molecular formula is C15H20FN5. The van der Waals surface area contributed by atoms with Crippen LogP contribution in [0.5, 0.6) is 0 Å². The van der Waals surface area contributed by atoms with Gasteiger partial charge in [-0.3, -0.25) is 0 Å². The molecule has 6 heteroatoms. The molecule has 0 amide bonds. The molecule has 1 aliphatic carbocycles. The lowest BCUT2D eigenvalue weighted by Gasteiger charge is -2.34. The fourth-order valence-electron chi connectivity index (χ4n) is 3.21. The van der Waals surface area contributed by atoms with Crippen LogP contribution in [0.3, 0.4) is 0 Å². The maximum absolute atomic E-state index is 14.1. The number of rotatable bonds is 2. The van der Waals surface area contributed by atoms with Crippen LogP contribution in [0.25, 0.3) is 11.4 Å². The monoisotopic (exact) mass is 289 g/mol. The highest BCUT2D eigenvalue weighted by Gasteiger charge is 2.31. The van der Waals surface area contributed by atoms with Crippen molar-refractivity contribution >= 4 is 5.69 Å². The molecule has 1 fully saturated rings. The molecule has 0 bridgehead atoms. The van der Waals surface area contributed by atoms with Crippen LogP contribution in [-0.2, 0) is 0 Å². The fourth-order valence-corrected chi connectivity index (χ4v) is 3.21. The summed E-state index contributed by atoms with van der Waals surface area (Å²) in [5.41, 5.74) is 6.64. The Morgan fingerprint density at radius 1 is 1.29 bits per heavy atom. The van der Waals surface area contributed by atoms with E-state index < -0.39 is 0 Å².